The lowest BCUT2D eigenvalue weighted by Crippen LogP contribution is -2.19. The van der Waals surface area contributed by atoms with Crippen molar-refractivity contribution in [3.8, 4) is 0 Å². The highest BCUT2D eigenvalue weighted by Crippen LogP contribution is 2.28. The summed E-state index contributed by atoms with van der Waals surface area (Å²) in [5, 5.41) is 10.2. The summed E-state index contributed by atoms with van der Waals surface area (Å²) >= 11 is 5.90. The Kier molecular flexibility index (Phi) is 3.58. The Morgan fingerprint density at radius 2 is 2.11 bits per heavy atom. The molecule has 1 aliphatic rings. The van der Waals surface area contributed by atoms with E-state index in [1.807, 2.05) is 30.5 Å². The molecule has 0 bridgehead atoms. The number of hydrogen-bond acceptors (Lipinski definition) is 2. The third-order valence-corrected chi connectivity index (χ3v) is 4.07. The van der Waals surface area contributed by atoms with E-state index in [4.69, 9.17) is 11.6 Å². The summed E-state index contributed by atoms with van der Waals surface area (Å²) in [6.07, 6.45) is 4.91. The molecule has 1 aromatic heterocycles. The molecule has 0 amide bonds. The minimum Gasteiger partial charge on any atom is -0.396 e. The molecule has 2 aromatic rings. The first-order valence-electron chi connectivity index (χ1n) is 6.67. The maximum Gasteiger partial charge on any atom is 0.113 e. The Morgan fingerprint density at radius 3 is 2.84 bits per heavy atom. The van der Waals surface area contributed by atoms with Gasteiger partial charge in [0.1, 0.15) is 5.82 Å². The SMILES string of the molecule is OCC1CCCn2c1cnc2Cc1ccc(Cl)cc1. The third-order valence-electron chi connectivity index (χ3n) is 3.82. The highest BCUT2D eigenvalue weighted by Gasteiger charge is 2.22. The Morgan fingerprint density at radius 1 is 1.32 bits per heavy atom. The van der Waals surface area contributed by atoms with Gasteiger partial charge in [0.2, 0.25) is 0 Å². The number of aromatic nitrogens is 2. The van der Waals surface area contributed by atoms with Crippen molar-refractivity contribution >= 4 is 11.6 Å². The van der Waals surface area contributed by atoms with Crippen LogP contribution in [0.5, 0.6) is 0 Å². The Labute approximate surface area is 117 Å². The monoisotopic (exact) mass is 276 g/mol. The van der Waals surface area contributed by atoms with Gasteiger partial charge in [0.15, 0.2) is 0 Å². The molecule has 19 heavy (non-hydrogen) atoms. The second-order valence-corrected chi connectivity index (χ2v) is 5.51. The summed E-state index contributed by atoms with van der Waals surface area (Å²) in [6.45, 7) is 1.22. The number of nitrogens with zero attached hydrogens (tertiary/aromatic N) is 2. The van der Waals surface area contributed by atoms with Crippen LogP contribution in [0, 0.1) is 0 Å². The normalized spacial score (nSPS) is 18.3. The predicted octanol–water partition coefficient (Wildman–Crippen LogP) is 3.00. The lowest BCUT2D eigenvalue weighted by atomic mass is 9.97. The van der Waals surface area contributed by atoms with Gasteiger partial charge in [-0.25, -0.2) is 4.98 Å². The molecular weight excluding hydrogens is 260 g/mol. The minimum absolute atomic E-state index is 0.214. The van der Waals surface area contributed by atoms with Gasteiger partial charge in [-0.1, -0.05) is 23.7 Å². The van der Waals surface area contributed by atoms with Crippen molar-refractivity contribution in [2.75, 3.05) is 6.61 Å². The standard InChI is InChI=1S/C15H17ClN2O/c16-13-5-3-11(4-6-13)8-15-17-9-14-12(10-19)2-1-7-18(14)15/h3-6,9,12,19H,1-2,7-8,10H2. The Bertz CT molecular complexity index is 562. The van der Waals surface area contributed by atoms with E-state index < -0.39 is 0 Å². The van der Waals surface area contributed by atoms with Gasteiger partial charge in [-0.2, -0.15) is 0 Å². The fourth-order valence-corrected chi connectivity index (χ4v) is 2.89. The highest BCUT2D eigenvalue weighted by molar-refractivity contribution is 6.30. The molecule has 1 N–H and O–H groups in total. The second kappa shape index (κ2) is 5.35. The van der Waals surface area contributed by atoms with Crippen molar-refractivity contribution in [2.45, 2.75) is 31.7 Å². The number of rotatable bonds is 3. The Balaban J connectivity index is 1.86. The van der Waals surface area contributed by atoms with Gasteiger partial charge < -0.3 is 9.67 Å². The predicted molar refractivity (Wildman–Crippen MR) is 75.5 cm³/mol. The van der Waals surface area contributed by atoms with Crippen LogP contribution in [0.25, 0.3) is 0 Å². The van der Waals surface area contributed by atoms with Crippen LogP contribution >= 0.6 is 11.6 Å². The minimum atomic E-state index is 0.214. The van der Waals surface area contributed by atoms with Gasteiger partial charge in [0.25, 0.3) is 0 Å². The van der Waals surface area contributed by atoms with Crippen LogP contribution in [-0.4, -0.2) is 21.3 Å². The molecule has 2 heterocycles. The van der Waals surface area contributed by atoms with Crippen LogP contribution in [0.1, 0.15) is 35.8 Å². The van der Waals surface area contributed by atoms with Crippen LogP contribution in [-0.2, 0) is 13.0 Å². The summed E-state index contributed by atoms with van der Waals surface area (Å²) in [4.78, 5) is 4.53. The summed E-state index contributed by atoms with van der Waals surface area (Å²) < 4.78 is 2.26. The summed E-state index contributed by atoms with van der Waals surface area (Å²) in [5.74, 6) is 1.33. The van der Waals surface area contributed by atoms with E-state index in [1.165, 1.54) is 11.3 Å². The molecule has 3 rings (SSSR count). The fraction of sp³-hybridized carbons (Fsp3) is 0.400. The average Bonchev–Trinajstić information content (AvgIpc) is 2.84. The smallest absolute Gasteiger partial charge is 0.113 e. The maximum atomic E-state index is 9.41. The van der Waals surface area contributed by atoms with Crippen LogP contribution in [0.3, 0.4) is 0 Å². The average molecular weight is 277 g/mol. The number of halogens is 1. The highest BCUT2D eigenvalue weighted by atomic mass is 35.5. The van der Waals surface area contributed by atoms with Crippen molar-refractivity contribution in [1.29, 1.82) is 0 Å². The number of benzene rings is 1. The molecular formula is C15H17ClN2O. The first kappa shape index (κ1) is 12.7. The zero-order valence-electron chi connectivity index (χ0n) is 10.7. The van der Waals surface area contributed by atoms with Gasteiger partial charge >= 0.3 is 0 Å². The Hall–Kier alpha value is -1.32. The molecule has 4 heteroatoms. The lowest BCUT2D eigenvalue weighted by Gasteiger charge is -2.23. The number of aliphatic hydroxyl groups is 1. The van der Waals surface area contributed by atoms with E-state index >= 15 is 0 Å². The molecule has 0 spiro atoms. The maximum absolute atomic E-state index is 9.41. The lowest BCUT2D eigenvalue weighted by molar-refractivity contribution is 0.240. The molecule has 0 aliphatic carbocycles. The quantitative estimate of drug-likeness (QED) is 0.936. The number of aliphatic hydroxyl groups excluding tert-OH is 1. The van der Waals surface area contributed by atoms with Gasteiger partial charge in [-0.15, -0.1) is 0 Å². The summed E-state index contributed by atoms with van der Waals surface area (Å²) in [7, 11) is 0. The molecule has 0 radical (unpaired) electrons. The van der Waals surface area contributed by atoms with Crippen LogP contribution < -0.4 is 0 Å². The fourth-order valence-electron chi connectivity index (χ4n) is 2.77. The van der Waals surface area contributed by atoms with Crippen LogP contribution in [0.15, 0.2) is 30.5 Å². The molecule has 1 aromatic carbocycles. The molecule has 0 saturated carbocycles. The van der Waals surface area contributed by atoms with Crippen molar-refractivity contribution in [3.05, 3.63) is 52.6 Å². The van der Waals surface area contributed by atoms with Crippen molar-refractivity contribution < 1.29 is 5.11 Å². The van der Waals surface area contributed by atoms with E-state index in [2.05, 4.69) is 9.55 Å². The zero-order chi connectivity index (χ0) is 13.2. The number of fused-ring (bicyclic) bond motifs is 1. The molecule has 3 nitrogen and oxygen atoms in total. The molecule has 100 valence electrons. The van der Waals surface area contributed by atoms with E-state index in [9.17, 15) is 5.11 Å². The van der Waals surface area contributed by atoms with Gasteiger partial charge in [0.05, 0.1) is 6.61 Å². The topological polar surface area (TPSA) is 38.0 Å². The molecule has 1 aliphatic heterocycles. The molecule has 1 atom stereocenters. The van der Waals surface area contributed by atoms with E-state index in [0.29, 0.717) is 0 Å². The largest absolute Gasteiger partial charge is 0.396 e. The van der Waals surface area contributed by atoms with Crippen molar-refractivity contribution in [1.82, 2.24) is 9.55 Å². The van der Waals surface area contributed by atoms with Crippen molar-refractivity contribution in [2.24, 2.45) is 0 Å². The first-order chi connectivity index (χ1) is 9.28. The zero-order valence-corrected chi connectivity index (χ0v) is 11.5. The van der Waals surface area contributed by atoms with E-state index in [0.717, 1.165) is 36.7 Å². The van der Waals surface area contributed by atoms with Gasteiger partial charge in [-0.05, 0) is 30.5 Å². The van der Waals surface area contributed by atoms with E-state index in [1.54, 1.807) is 0 Å². The molecule has 1 unspecified atom stereocenters. The van der Waals surface area contributed by atoms with E-state index in [-0.39, 0.29) is 12.5 Å². The summed E-state index contributed by atoms with van der Waals surface area (Å²) in [6, 6.07) is 7.90. The van der Waals surface area contributed by atoms with Crippen LogP contribution in [0.2, 0.25) is 5.02 Å². The number of imidazole rings is 1. The molecule has 0 saturated heterocycles. The molecule has 0 fully saturated rings. The second-order valence-electron chi connectivity index (χ2n) is 5.08. The third kappa shape index (κ3) is 2.53. The van der Waals surface area contributed by atoms with Crippen LogP contribution in [0.4, 0.5) is 0 Å². The first-order valence-corrected chi connectivity index (χ1v) is 7.05. The number of hydrogen-bond donors (Lipinski definition) is 1. The summed E-state index contributed by atoms with van der Waals surface area (Å²) in [5.41, 5.74) is 2.39. The van der Waals surface area contributed by atoms with Gasteiger partial charge in [-0.3, -0.25) is 0 Å². The van der Waals surface area contributed by atoms with Crippen molar-refractivity contribution in [3.63, 3.8) is 0 Å². The van der Waals surface area contributed by atoms with Gasteiger partial charge in [0, 0.05) is 35.8 Å².